The third-order valence-corrected chi connectivity index (χ3v) is 4.13. The van der Waals surface area contributed by atoms with Gasteiger partial charge in [-0.2, -0.15) is 0 Å². The van der Waals surface area contributed by atoms with Crippen LogP contribution in [-0.4, -0.2) is 32.0 Å². The molecule has 1 saturated carbocycles. The highest BCUT2D eigenvalue weighted by Gasteiger charge is 2.22. The second-order valence-electron chi connectivity index (χ2n) is 4.35. The molecule has 0 radical (unpaired) electrons. The Morgan fingerprint density at radius 3 is 2.94 bits per heavy atom. The topological polar surface area (TPSA) is 69.6 Å². The van der Waals surface area contributed by atoms with Crippen LogP contribution in [0.1, 0.15) is 45.1 Å². The summed E-state index contributed by atoms with van der Waals surface area (Å²) in [7, 11) is 0. The molecule has 90 valence electrons. The summed E-state index contributed by atoms with van der Waals surface area (Å²) < 4.78 is 2.00. The molecule has 0 amide bonds. The molecular formula is C10H19N5S. The largest absolute Gasteiger partial charge is 0.330 e. The molecule has 0 bridgehead atoms. The normalized spacial score (nSPS) is 19.1. The van der Waals surface area contributed by atoms with Crippen LogP contribution in [0.3, 0.4) is 0 Å². The fourth-order valence-electron chi connectivity index (χ4n) is 2.11. The molecule has 0 spiro atoms. The Kier molecular flexibility index (Phi) is 4.17. The van der Waals surface area contributed by atoms with E-state index in [1.165, 1.54) is 25.7 Å². The van der Waals surface area contributed by atoms with Gasteiger partial charge in [0.05, 0.1) is 6.04 Å². The predicted molar refractivity (Wildman–Crippen MR) is 64.3 cm³/mol. The number of hydrogen-bond acceptors (Lipinski definition) is 5. The molecule has 0 aromatic carbocycles. The summed E-state index contributed by atoms with van der Waals surface area (Å²) in [6, 6.07) is 0.516. The van der Waals surface area contributed by atoms with Crippen molar-refractivity contribution in [2.24, 2.45) is 5.73 Å². The van der Waals surface area contributed by atoms with E-state index >= 15 is 0 Å². The lowest BCUT2D eigenvalue weighted by Crippen LogP contribution is -2.11. The van der Waals surface area contributed by atoms with Crippen LogP contribution < -0.4 is 5.73 Å². The van der Waals surface area contributed by atoms with E-state index in [9.17, 15) is 0 Å². The first-order valence-electron chi connectivity index (χ1n) is 5.96. The summed E-state index contributed by atoms with van der Waals surface area (Å²) in [4.78, 5) is 0. The molecule has 2 N–H and O–H groups in total. The number of rotatable bonds is 5. The minimum Gasteiger partial charge on any atom is -0.330 e. The van der Waals surface area contributed by atoms with Crippen molar-refractivity contribution in [3.63, 3.8) is 0 Å². The van der Waals surface area contributed by atoms with Crippen molar-refractivity contribution in [1.82, 2.24) is 20.2 Å². The van der Waals surface area contributed by atoms with Crippen molar-refractivity contribution >= 4 is 11.8 Å². The van der Waals surface area contributed by atoms with Gasteiger partial charge in [0.2, 0.25) is 5.16 Å². The molecule has 1 aliphatic carbocycles. The zero-order valence-corrected chi connectivity index (χ0v) is 10.5. The van der Waals surface area contributed by atoms with E-state index in [1.807, 2.05) is 4.68 Å². The van der Waals surface area contributed by atoms with Gasteiger partial charge in [0.25, 0.3) is 0 Å². The highest BCUT2D eigenvalue weighted by atomic mass is 32.2. The van der Waals surface area contributed by atoms with Crippen molar-refractivity contribution in [2.75, 3.05) is 6.54 Å². The molecule has 6 heteroatoms. The Balaban J connectivity index is 2.00. The summed E-state index contributed by atoms with van der Waals surface area (Å²) in [6.45, 7) is 2.89. The Morgan fingerprint density at radius 2 is 2.25 bits per heavy atom. The molecule has 1 aromatic rings. The number of tetrazole rings is 1. The van der Waals surface area contributed by atoms with Crippen LogP contribution in [0, 0.1) is 0 Å². The van der Waals surface area contributed by atoms with Gasteiger partial charge in [0.15, 0.2) is 0 Å². The van der Waals surface area contributed by atoms with Crippen molar-refractivity contribution in [1.29, 1.82) is 0 Å². The first kappa shape index (κ1) is 11.9. The Labute approximate surface area is 100 Å². The highest BCUT2D eigenvalue weighted by Crippen LogP contribution is 2.32. The Bertz CT molecular complexity index is 321. The standard InChI is InChI=1S/C10H19N5S/c1-8(6-7-11)16-10-12-13-14-15(10)9-4-2-3-5-9/h8-9H,2-7,11H2,1H3. The summed E-state index contributed by atoms with van der Waals surface area (Å²) in [5, 5.41) is 13.4. The Hall–Kier alpha value is -0.620. The maximum absolute atomic E-state index is 5.55. The minimum atomic E-state index is 0.483. The van der Waals surface area contributed by atoms with Gasteiger partial charge in [-0.1, -0.05) is 31.5 Å². The minimum absolute atomic E-state index is 0.483. The van der Waals surface area contributed by atoms with E-state index in [0.29, 0.717) is 11.3 Å². The molecule has 5 nitrogen and oxygen atoms in total. The molecule has 1 atom stereocenters. The number of nitrogens with two attached hydrogens (primary N) is 1. The molecule has 1 aliphatic rings. The van der Waals surface area contributed by atoms with E-state index in [-0.39, 0.29) is 0 Å². The van der Waals surface area contributed by atoms with Gasteiger partial charge in [0, 0.05) is 5.25 Å². The molecule has 1 heterocycles. The lowest BCUT2D eigenvalue weighted by atomic mass is 10.3. The maximum Gasteiger partial charge on any atom is 0.209 e. The second-order valence-corrected chi connectivity index (χ2v) is 5.76. The second kappa shape index (κ2) is 5.63. The van der Waals surface area contributed by atoms with Crippen LogP contribution in [0.5, 0.6) is 0 Å². The quantitative estimate of drug-likeness (QED) is 0.793. The molecular weight excluding hydrogens is 222 g/mol. The summed E-state index contributed by atoms with van der Waals surface area (Å²) in [5.74, 6) is 0. The number of thioether (sulfide) groups is 1. The highest BCUT2D eigenvalue weighted by molar-refractivity contribution is 7.99. The van der Waals surface area contributed by atoms with Gasteiger partial charge in [-0.15, -0.1) is 5.10 Å². The lowest BCUT2D eigenvalue weighted by Gasteiger charge is -2.13. The fraction of sp³-hybridized carbons (Fsp3) is 0.900. The maximum atomic E-state index is 5.55. The van der Waals surface area contributed by atoms with Crippen LogP contribution in [0.4, 0.5) is 0 Å². The van der Waals surface area contributed by atoms with Crippen LogP contribution >= 0.6 is 11.8 Å². The summed E-state index contributed by atoms with van der Waals surface area (Å²) in [5.41, 5.74) is 5.55. The smallest absolute Gasteiger partial charge is 0.209 e. The SMILES string of the molecule is CC(CCN)Sc1nnnn1C1CCCC1. The molecule has 1 fully saturated rings. The molecule has 1 aromatic heterocycles. The molecule has 16 heavy (non-hydrogen) atoms. The first-order valence-corrected chi connectivity index (χ1v) is 6.84. The predicted octanol–water partition coefficient (Wildman–Crippen LogP) is 1.62. The third kappa shape index (κ3) is 2.74. The number of hydrogen-bond donors (Lipinski definition) is 1. The van der Waals surface area contributed by atoms with E-state index in [4.69, 9.17) is 5.73 Å². The van der Waals surface area contributed by atoms with Crippen LogP contribution in [0.2, 0.25) is 0 Å². The molecule has 0 saturated heterocycles. The van der Waals surface area contributed by atoms with Crippen LogP contribution in [0.15, 0.2) is 5.16 Å². The zero-order chi connectivity index (χ0) is 11.4. The van der Waals surface area contributed by atoms with Crippen molar-refractivity contribution in [3.8, 4) is 0 Å². The van der Waals surface area contributed by atoms with E-state index in [0.717, 1.165) is 18.1 Å². The van der Waals surface area contributed by atoms with E-state index in [2.05, 4.69) is 22.4 Å². The number of aromatic nitrogens is 4. The van der Waals surface area contributed by atoms with E-state index in [1.54, 1.807) is 11.8 Å². The molecule has 0 aliphatic heterocycles. The number of nitrogens with zero attached hydrogens (tertiary/aromatic N) is 4. The van der Waals surface area contributed by atoms with Crippen molar-refractivity contribution in [3.05, 3.63) is 0 Å². The monoisotopic (exact) mass is 241 g/mol. The summed E-state index contributed by atoms with van der Waals surface area (Å²) in [6.07, 6.45) is 6.02. The Morgan fingerprint density at radius 1 is 1.50 bits per heavy atom. The van der Waals surface area contributed by atoms with Crippen molar-refractivity contribution in [2.45, 2.75) is 55.5 Å². The van der Waals surface area contributed by atoms with Gasteiger partial charge in [-0.25, -0.2) is 4.68 Å². The van der Waals surface area contributed by atoms with Gasteiger partial charge >= 0.3 is 0 Å². The average molecular weight is 241 g/mol. The third-order valence-electron chi connectivity index (χ3n) is 3.01. The van der Waals surface area contributed by atoms with Gasteiger partial charge in [-0.05, 0) is 36.2 Å². The fourth-order valence-corrected chi connectivity index (χ4v) is 3.11. The van der Waals surface area contributed by atoms with Crippen molar-refractivity contribution < 1.29 is 0 Å². The van der Waals surface area contributed by atoms with Gasteiger partial charge in [0.1, 0.15) is 0 Å². The summed E-state index contributed by atoms with van der Waals surface area (Å²) >= 11 is 1.74. The molecule has 1 unspecified atom stereocenters. The average Bonchev–Trinajstić information content (AvgIpc) is 2.86. The van der Waals surface area contributed by atoms with Crippen LogP contribution in [0.25, 0.3) is 0 Å². The molecule has 2 rings (SSSR count). The van der Waals surface area contributed by atoms with E-state index < -0.39 is 0 Å². The van der Waals surface area contributed by atoms with Crippen LogP contribution in [-0.2, 0) is 0 Å². The lowest BCUT2D eigenvalue weighted by molar-refractivity contribution is 0.422. The van der Waals surface area contributed by atoms with Gasteiger partial charge in [-0.3, -0.25) is 0 Å². The van der Waals surface area contributed by atoms with Gasteiger partial charge < -0.3 is 5.73 Å². The zero-order valence-electron chi connectivity index (χ0n) is 9.67. The first-order chi connectivity index (χ1) is 7.81.